The molecular formula is C14H16N2O4. The number of aromatic nitrogens is 1. The van der Waals surface area contributed by atoms with Crippen LogP contribution in [-0.4, -0.2) is 34.2 Å². The number of carboxylic acids is 1. The van der Waals surface area contributed by atoms with Gasteiger partial charge in [-0.3, -0.25) is 14.6 Å². The molecule has 0 radical (unpaired) electrons. The van der Waals surface area contributed by atoms with Gasteiger partial charge in [0, 0.05) is 6.20 Å². The number of ether oxygens (including phenoxy) is 1. The van der Waals surface area contributed by atoms with Crippen LogP contribution < -0.4 is 5.32 Å². The average Bonchev–Trinajstić information content (AvgIpc) is 3.06. The van der Waals surface area contributed by atoms with Crippen molar-refractivity contribution in [3.8, 4) is 0 Å². The highest BCUT2D eigenvalue weighted by atomic mass is 16.5. The maximum absolute atomic E-state index is 12.2. The Bertz CT molecular complexity index is 519. The van der Waals surface area contributed by atoms with Gasteiger partial charge in [0.15, 0.2) is 0 Å². The molecule has 6 nitrogen and oxygen atoms in total. The van der Waals surface area contributed by atoms with Gasteiger partial charge in [0.1, 0.15) is 0 Å². The van der Waals surface area contributed by atoms with Crippen LogP contribution in [0.5, 0.6) is 0 Å². The first-order valence-electron chi connectivity index (χ1n) is 6.72. The van der Waals surface area contributed by atoms with Gasteiger partial charge in [-0.05, 0) is 25.0 Å². The second kappa shape index (κ2) is 5.20. The number of nitrogens with zero attached hydrogens (tertiary/aromatic N) is 1. The molecule has 2 saturated heterocycles. The molecule has 0 unspecified atom stereocenters. The fourth-order valence-electron chi connectivity index (χ4n) is 3.12. The molecule has 2 fully saturated rings. The minimum atomic E-state index is -0.949. The minimum absolute atomic E-state index is 0.254. The number of carbonyl (C=O) groups is 2. The Labute approximate surface area is 116 Å². The Hall–Kier alpha value is -1.95. The molecule has 6 heteroatoms. The van der Waals surface area contributed by atoms with Crippen LogP contribution in [0.25, 0.3) is 0 Å². The van der Waals surface area contributed by atoms with Crippen LogP contribution >= 0.6 is 0 Å². The summed E-state index contributed by atoms with van der Waals surface area (Å²) in [5.41, 5.74) is 0.747. The van der Waals surface area contributed by atoms with Crippen molar-refractivity contribution in [1.82, 2.24) is 10.3 Å². The number of aliphatic carboxylic acids is 1. The third-order valence-corrected chi connectivity index (χ3v) is 4.03. The van der Waals surface area contributed by atoms with E-state index >= 15 is 0 Å². The molecule has 2 N–H and O–H groups in total. The van der Waals surface area contributed by atoms with Crippen LogP contribution in [0, 0.1) is 11.8 Å². The number of nitrogens with one attached hydrogen (secondary N) is 1. The molecule has 2 aliphatic rings. The molecule has 3 heterocycles. The van der Waals surface area contributed by atoms with Crippen LogP contribution in [0.3, 0.4) is 0 Å². The average molecular weight is 276 g/mol. The lowest BCUT2D eigenvalue weighted by atomic mass is 9.78. The standard InChI is InChI=1S/C14H16N2O4/c17-13(16-7-8-3-1-2-6-15-8)11-9-4-5-10(20-9)12(11)14(18)19/h1-3,6,9-12H,4-5,7H2,(H,16,17)(H,18,19)/t9-,10+,11-,12+/m1/s1. The molecule has 1 aromatic rings. The zero-order valence-electron chi connectivity index (χ0n) is 10.9. The first kappa shape index (κ1) is 13.1. The Morgan fingerprint density at radius 2 is 2.05 bits per heavy atom. The van der Waals surface area contributed by atoms with E-state index in [1.165, 1.54) is 0 Å². The van der Waals surface area contributed by atoms with Crippen molar-refractivity contribution >= 4 is 11.9 Å². The number of pyridine rings is 1. The second-order valence-electron chi connectivity index (χ2n) is 5.22. The zero-order chi connectivity index (χ0) is 14.1. The molecule has 106 valence electrons. The quantitative estimate of drug-likeness (QED) is 0.839. The summed E-state index contributed by atoms with van der Waals surface area (Å²) in [4.78, 5) is 27.7. The van der Waals surface area contributed by atoms with Crippen molar-refractivity contribution in [1.29, 1.82) is 0 Å². The number of carboxylic acid groups (broad SMARTS) is 1. The molecule has 0 spiro atoms. The molecule has 20 heavy (non-hydrogen) atoms. The molecule has 1 aromatic heterocycles. The maximum atomic E-state index is 12.2. The predicted octanol–water partition coefficient (Wildman–Crippen LogP) is 0.576. The summed E-state index contributed by atoms with van der Waals surface area (Å²) in [7, 11) is 0. The Morgan fingerprint density at radius 3 is 2.70 bits per heavy atom. The Morgan fingerprint density at radius 1 is 1.30 bits per heavy atom. The smallest absolute Gasteiger partial charge is 0.310 e. The summed E-state index contributed by atoms with van der Waals surface area (Å²) >= 11 is 0. The molecule has 4 atom stereocenters. The Kier molecular flexibility index (Phi) is 3.40. The maximum Gasteiger partial charge on any atom is 0.310 e. The summed E-state index contributed by atoms with van der Waals surface area (Å²) in [6.45, 7) is 0.305. The molecular weight excluding hydrogens is 260 g/mol. The highest BCUT2D eigenvalue weighted by Gasteiger charge is 2.55. The molecule has 2 bridgehead atoms. The number of fused-ring (bicyclic) bond motifs is 2. The first-order chi connectivity index (χ1) is 9.66. The van der Waals surface area contributed by atoms with E-state index in [0.717, 1.165) is 18.5 Å². The monoisotopic (exact) mass is 276 g/mol. The van der Waals surface area contributed by atoms with Crippen LogP contribution in [-0.2, 0) is 20.9 Å². The molecule has 0 saturated carbocycles. The van der Waals surface area contributed by atoms with Gasteiger partial charge in [-0.1, -0.05) is 6.07 Å². The molecule has 3 rings (SSSR count). The van der Waals surface area contributed by atoms with E-state index in [1.807, 2.05) is 12.1 Å². The predicted molar refractivity (Wildman–Crippen MR) is 68.6 cm³/mol. The van der Waals surface area contributed by atoms with E-state index in [0.29, 0.717) is 6.54 Å². The number of amides is 1. The number of hydrogen-bond acceptors (Lipinski definition) is 4. The van der Waals surface area contributed by atoms with E-state index in [-0.39, 0.29) is 18.1 Å². The van der Waals surface area contributed by atoms with Crippen molar-refractivity contribution in [2.45, 2.75) is 31.6 Å². The van der Waals surface area contributed by atoms with Crippen molar-refractivity contribution < 1.29 is 19.4 Å². The molecule has 1 amide bonds. The molecule has 2 aliphatic heterocycles. The van der Waals surface area contributed by atoms with Crippen molar-refractivity contribution in [3.05, 3.63) is 30.1 Å². The van der Waals surface area contributed by atoms with Crippen LogP contribution in [0.15, 0.2) is 24.4 Å². The lowest BCUT2D eigenvalue weighted by Gasteiger charge is -2.23. The van der Waals surface area contributed by atoms with E-state index in [4.69, 9.17) is 4.74 Å². The van der Waals surface area contributed by atoms with Crippen molar-refractivity contribution in [2.24, 2.45) is 11.8 Å². The number of hydrogen-bond donors (Lipinski definition) is 2. The van der Waals surface area contributed by atoms with E-state index in [2.05, 4.69) is 10.3 Å². The van der Waals surface area contributed by atoms with Crippen LogP contribution in [0.4, 0.5) is 0 Å². The normalized spacial score (nSPS) is 31.2. The van der Waals surface area contributed by atoms with Gasteiger partial charge < -0.3 is 15.2 Å². The van der Waals surface area contributed by atoms with Gasteiger partial charge in [0.25, 0.3) is 0 Å². The van der Waals surface area contributed by atoms with Gasteiger partial charge in [0.05, 0.1) is 36.3 Å². The summed E-state index contributed by atoms with van der Waals surface area (Å²) < 4.78 is 5.57. The lowest BCUT2D eigenvalue weighted by Crippen LogP contribution is -2.43. The first-order valence-corrected chi connectivity index (χ1v) is 6.72. The number of rotatable bonds is 4. The van der Waals surface area contributed by atoms with E-state index in [9.17, 15) is 14.7 Å². The number of carbonyl (C=O) groups excluding carboxylic acids is 1. The second-order valence-corrected chi connectivity index (χ2v) is 5.22. The zero-order valence-corrected chi connectivity index (χ0v) is 10.9. The van der Waals surface area contributed by atoms with Gasteiger partial charge in [0.2, 0.25) is 5.91 Å². The largest absolute Gasteiger partial charge is 0.481 e. The highest BCUT2D eigenvalue weighted by molar-refractivity contribution is 5.86. The minimum Gasteiger partial charge on any atom is -0.481 e. The molecule has 0 aliphatic carbocycles. The highest BCUT2D eigenvalue weighted by Crippen LogP contribution is 2.43. The fourth-order valence-corrected chi connectivity index (χ4v) is 3.12. The molecule has 0 aromatic carbocycles. The van der Waals surface area contributed by atoms with E-state index in [1.54, 1.807) is 12.3 Å². The summed E-state index contributed by atoms with van der Waals surface area (Å²) in [6.07, 6.45) is 2.57. The van der Waals surface area contributed by atoms with Crippen LogP contribution in [0.1, 0.15) is 18.5 Å². The lowest BCUT2D eigenvalue weighted by molar-refractivity contribution is -0.147. The van der Waals surface area contributed by atoms with Crippen molar-refractivity contribution in [2.75, 3.05) is 0 Å². The third kappa shape index (κ3) is 2.27. The van der Waals surface area contributed by atoms with E-state index < -0.39 is 17.8 Å². The summed E-state index contributed by atoms with van der Waals surface area (Å²) in [5, 5.41) is 12.0. The third-order valence-electron chi connectivity index (χ3n) is 4.03. The van der Waals surface area contributed by atoms with Crippen LogP contribution in [0.2, 0.25) is 0 Å². The SMILES string of the molecule is O=C(O)[C@@H]1[C@H](C(=O)NCc2ccccn2)[C@H]2CC[C@@H]1O2. The van der Waals surface area contributed by atoms with Gasteiger partial charge in [-0.2, -0.15) is 0 Å². The fraction of sp³-hybridized carbons (Fsp3) is 0.500. The topological polar surface area (TPSA) is 88.5 Å². The summed E-state index contributed by atoms with van der Waals surface area (Å²) in [6, 6.07) is 5.46. The van der Waals surface area contributed by atoms with Gasteiger partial charge >= 0.3 is 5.97 Å². The Balaban J connectivity index is 1.66. The summed E-state index contributed by atoms with van der Waals surface area (Å²) in [5.74, 6) is -2.52. The van der Waals surface area contributed by atoms with Gasteiger partial charge in [-0.15, -0.1) is 0 Å². The van der Waals surface area contributed by atoms with Gasteiger partial charge in [-0.25, -0.2) is 0 Å². The van der Waals surface area contributed by atoms with Crippen molar-refractivity contribution in [3.63, 3.8) is 0 Å².